The van der Waals surface area contributed by atoms with E-state index in [0.29, 0.717) is 32.8 Å². The van der Waals surface area contributed by atoms with Crippen molar-refractivity contribution in [3.63, 3.8) is 0 Å². The number of hydrogen-bond donors (Lipinski definition) is 1. The Morgan fingerprint density at radius 2 is 1.74 bits per heavy atom. The van der Waals surface area contributed by atoms with Crippen LogP contribution >= 0.6 is 0 Å². The van der Waals surface area contributed by atoms with Gasteiger partial charge in [-0.1, -0.05) is 30.3 Å². The van der Waals surface area contributed by atoms with E-state index in [2.05, 4.69) is 22.3 Å². The maximum atomic E-state index is 12.7. The zero-order valence-electron chi connectivity index (χ0n) is 18.4. The van der Waals surface area contributed by atoms with Crippen LogP contribution in [0.1, 0.15) is 31.2 Å². The Hall–Kier alpha value is -1.96. The molecule has 1 aromatic rings. The van der Waals surface area contributed by atoms with Crippen molar-refractivity contribution in [1.82, 2.24) is 15.1 Å². The van der Waals surface area contributed by atoms with Crippen molar-refractivity contribution in [3.8, 4) is 0 Å². The number of carbonyl (C=O) groups excluding carboxylic acids is 2. The van der Waals surface area contributed by atoms with Gasteiger partial charge in [0.15, 0.2) is 0 Å². The van der Waals surface area contributed by atoms with Crippen LogP contribution in [0.3, 0.4) is 0 Å². The average molecular weight is 430 g/mol. The number of carbonyl (C=O) groups is 2. The van der Waals surface area contributed by atoms with Gasteiger partial charge in [-0.25, -0.2) is 0 Å². The summed E-state index contributed by atoms with van der Waals surface area (Å²) in [5.74, 6) is 0.435. The second kappa shape index (κ2) is 10.6. The number of ether oxygens (including phenoxy) is 2. The summed E-state index contributed by atoms with van der Waals surface area (Å²) in [5, 5.41) is 3.21. The number of rotatable bonds is 7. The van der Waals surface area contributed by atoms with Crippen LogP contribution in [0.25, 0.3) is 0 Å². The lowest BCUT2D eigenvalue weighted by Gasteiger charge is -2.45. The molecule has 1 atom stereocenters. The normalized spacial score (nSPS) is 25.5. The summed E-state index contributed by atoms with van der Waals surface area (Å²) < 4.78 is 11.1. The molecule has 0 bridgehead atoms. The molecule has 7 nitrogen and oxygen atoms in total. The van der Waals surface area contributed by atoms with Gasteiger partial charge in [0.25, 0.3) is 0 Å². The fraction of sp³-hybridized carbons (Fsp3) is 0.667. The van der Waals surface area contributed by atoms with Gasteiger partial charge >= 0.3 is 0 Å². The molecule has 170 valence electrons. The van der Waals surface area contributed by atoms with Gasteiger partial charge in [0.05, 0.1) is 12.1 Å². The molecule has 0 aliphatic carbocycles. The van der Waals surface area contributed by atoms with E-state index in [-0.39, 0.29) is 23.3 Å². The zero-order chi connectivity index (χ0) is 21.5. The Bertz CT molecular complexity index is 722. The van der Waals surface area contributed by atoms with E-state index in [1.807, 2.05) is 23.1 Å². The highest BCUT2D eigenvalue weighted by molar-refractivity contribution is 5.78. The number of piperazine rings is 1. The molecule has 0 radical (unpaired) electrons. The van der Waals surface area contributed by atoms with Gasteiger partial charge in [0, 0.05) is 64.9 Å². The molecule has 0 aromatic heterocycles. The third-order valence-electron chi connectivity index (χ3n) is 7.04. The van der Waals surface area contributed by atoms with E-state index < -0.39 is 0 Å². The Balaban J connectivity index is 1.26. The Morgan fingerprint density at radius 1 is 1.00 bits per heavy atom. The van der Waals surface area contributed by atoms with E-state index in [1.165, 1.54) is 5.56 Å². The van der Waals surface area contributed by atoms with Crippen LogP contribution in [0, 0.1) is 5.92 Å². The van der Waals surface area contributed by atoms with Gasteiger partial charge in [0.1, 0.15) is 0 Å². The molecule has 31 heavy (non-hydrogen) atoms. The Morgan fingerprint density at radius 3 is 2.42 bits per heavy atom. The molecule has 1 unspecified atom stereocenters. The summed E-state index contributed by atoms with van der Waals surface area (Å²) in [6, 6.07) is 10.2. The van der Waals surface area contributed by atoms with Crippen molar-refractivity contribution in [2.45, 2.75) is 37.6 Å². The molecule has 3 heterocycles. The Kier molecular flexibility index (Phi) is 7.58. The SMILES string of the molecule is O=C(NCC1(N2CCN(C(=O)CCc3ccccc3)CC2)CCOC1)C1CCOCC1. The van der Waals surface area contributed by atoms with Crippen LogP contribution in [-0.4, -0.2) is 86.3 Å². The van der Waals surface area contributed by atoms with E-state index in [1.54, 1.807) is 0 Å². The summed E-state index contributed by atoms with van der Waals surface area (Å²) in [6.45, 7) is 6.46. The zero-order valence-corrected chi connectivity index (χ0v) is 18.4. The first-order valence-electron chi connectivity index (χ1n) is 11.7. The van der Waals surface area contributed by atoms with E-state index >= 15 is 0 Å². The molecule has 1 N–H and O–H groups in total. The molecule has 3 aliphatic heterocycles. The van der Waals surface area contributed by atoms with Crippen LogP contribution in [0.15, 0.2) is 30.3 Å². The van der Waals surface area contributed by atoms with E-state index in [9.17, 15) is 9.59 Å². The molecule has 0 spiro atoms. The summed E-state index contributed by atoms with van der Waals surface area (Å²) in [5.41, 5.74) is 1.05. The summed E-state index contributed by atoms with van der Waals surface area (Å²) in [7, 11) is 0. The van der Waals surface area contributed by atoms with Gasteiger partial charge in [0.2, 0.25) is 11.8 Å². The minimum absolute atomic E-state index is 0.0622. The van der Waals surface area contributed by atoms with Crippen LogP contribution in [-0.2, 0) is 25.5 Å². The third kappa shape index (κ3) is 5.64. The van der Waals surface area contributed by atoms with E-state index in [0.717, 1.165) is 58.5 Å². The monoisotopic (exact) mass is 429 g/mol. The van der Waals surface area contributed by atoms with Crippen LogP contribution in [0.4, 0.5) is 0 Å². The van der Waals surface area contributed by atoms with Crippen molar-refractivity contribution >= 4 is 11.8 Å². The number of hydrogen-bond acceptors (Lipinski definition) is 5. The summed E-state index contributed by atoms with van der Waals surface area (Å²) >= 11 is 0. The van der Waals surface area contributed by atoms with Crippen LogP contribution in [0.2, 0.25) is 0 Å². The highest BCUT2D eigenvalue weighted by Gasteiger charge is 2.42. The molecule has 2 amide bonds. The molecule has 3 saturated heterocycles. The maximum absolute atomic E-state index is 12.7. The molecule has 4 rings (SSSR count). The highest BCUT2D eigenvalue weighted by Crippen LogP contribution is 2.27. The molecular weight excluding hydrogens is 394 g/mol. The first-order valence-corrected chi connectivity index (χ1v) is 11.7. The fourth-order valence-corrected chi connectivity index (χ4v) is 4.94. The lowest BCUT2D eigenvalue weighted by molar-refractivity contribution is -0.134. The number of amides is 2. The second-order valence-corrected chi connectivity index (χ2v) is 8.98. The lowest BCUT2D eigenvalue weighted by atomic mass is 9.93. The number of benzene rings is 1. The lowest BCUT2D eigenvalue weighted by Crippen LogP contribution is -2.62. The Labute approximate surface area is 185 Å². The largest absolute Gasteiger partial charge is 0.381 e. The molecular formula is C24H35N3O4. The topological polar surface area (TPSA) is 71.1 Å². The predicted octanol–water partition coefficient (Wildman–Crippen LogP) is 1.47. The molecule has 7 heteroatoms. The smallest absolute Gasteiger partial charge is 0.223 e. The van der Waals surface area contributed by atoms with Gasteiger partial charge < -0.3 is 19.7 Å². The van der Waals surface area contributed by atoms with E-state index in [4.69, 9.17) is 9.47 Å². The van der Waals surface area contributed by atoms with Gasteiger partial charge in [-0.3, -0.25) is 14.5 Å². The number of nitrogens with one attached hydrogen (secondary N) is 1. The quantitative estimate of drug-likeness (QED) is 0.711. The van der Waals surface area contributed by atoms with Crippen molar-refractivity contribution < 1.29 is 19.1 Å². The summed E-state index contributed by atoms with van der Waals surface area (Å²) in [6.07, 6.45) is 3.87. The van der Waals surface area contributed by atoms with Crippen LogP contribution < -0.4 is 5.32 Å². The van der Waals surface area contributed by atoms with Gasteiger partial charge in [-0.2, -0.15) is 0 Å². The first kappa shape index (κ1) is 22.2. The summed E-state index contributed by atoms with van der Waals surface area (Å²) in [4.78, 5) is 29.7. The predicted molar refractivity (Wildman–Crippen MR) is 118 cm³/mol. The first-order chi connectivity index (χ1) is 15.2. The van der Waals surface area contributed by atoms with Crippen molar-refractivity contribution in [2.24, 2.45) is 5.92 Å². The molecule has 0 saturated carbocycles. The molecule has 3 fully saturated rings. The standard InChI is InChI=1S/C24H35N3O4/c28-22(7-6-20-4-2-1-3-5-20)26-11-13-27(14-12-26)24(10-17-31-19-24)18-25-23(29)21-8-15-30-16-9-21/h1-5,21H,6-19H2,(H,25,29). The minimum Gasteiger partial charge on any atom is -0.381 e. The molecule has 1 aromatic carbocycles. The maximum Gasteiger partial charge on any atom is 0.223 e. The highest BCUT2D eigenvalue weighted by atomic mass is 16.5. The average Bonchev–Trinajstić information content (AvgIpc) is 3.32. The van der Waals surface area contributed by atoms with Crippen molar-refractivity contribution in [3.05, 3.63) is 35.9 Å². The molecule has 3 aliphatic rings. The fourth-order valence-electron chi connectivity index (χ4n) is 4.94. The number of nitrogens with zero attached hydrogens (tertiary/aromatic N) is 2. The van der Waals surface area contributed by atoms with Crippen LogP contribution in [0.5, 0.6) is 0 Å². The number of aryl methyl sites for hydroxylation is 1. The van der Waals surface area contributed by atoms with Gasteiger partial charge in [-0.05, 0) is 31.2 Å². The second-order valence-electron chi connectivity index (χ2n) is 8.98. The van der Waals surface area contributed by atoms with Gasteiger partial charge in [-0.15, -0.1) is 0 Å². The third-order valence-corrected chi connectivity index (χ3v) is 7.04. The van der Waals surface area contributed by atoms with Crippen molar-refractivity contribution in [1.29, 1.82) is 0 Å². The minimum atomic E-state index is -0.153. The van der Waals surface area contributed by atoms with Crippen molar-refractivity contribution in [2.75, 3.05) is 59.2 Å².